The van der Waals surface area contributed by atoms with E-state index in [4.69, 9.17) is 5.73 Å². The molecule has 0 fully saturated rings. The first-order chi connectivity index (χ1) is 8.99. The first kappa shape index (κ1) is 13.4. The van der Waals surface area contributed by atoms with Crippen molar-refractivity contribution in [3.8, 4) is 5.75 Å². The highest BCUT2D eigenvalue weighted by Crippen LogP contribution is 2.28. The highest BCUT2D eigenvalue weighted by atomic mass is 79.9. The lowest BCUT2D eigenvalue weighted by atomic mass is 10.1. The molecule has 4 N–H and O–H groups in total. The van der Waals surface area contributed by atoms with E-state index in [1.165, 1.54) is 0 Å². The van der Waals surface area contributed by atoms with Crippen molar-refractivity contribution >= 4 is 33.2 Å². The molecule has 0 aromatic heterocycles. The first-order valence-electron chi connectivity index (χ1n) is 5.64. The molecule has 1 amide bonds. The molecule has 0 aliphatic carbocycles. The topological polar surface area (TPSA) is 75.4 Å². The Morgan fingerprint density at radius 1 is 1.32 bits per heavy atom. The molecular weight excluding hydrogens is 308 g/mol. The van der Waals surface area contributed by atoms with Gasteiger partial charge in [0, 0.05) is 10.2 Å². The van der Waals surface area contributed by atoms with Gasteiger partial charge in [-0.15, -0.1) is 0 Å². The number of nitrogen functional groups attached to an aromatic ring is 1. The number of para-hydroxylation sites is 1. The molecule has 0 aliphatic heterocycles. The second-order valence-electron chi connectivity index (χ2n) is 4.16. The van der Waals surface area contributed by atoms with Crippen LogP contribution in [0.4, 0.5) is 11.4 Å². The number of hydrogen-bond donors (Lipinski definition) is 3. The number of aryl methyl sites for hydroxylation is 1. The number of nitrogens with two attached hydrogens (primary N) is 1. The molecule has 19 heavy (non-hydrogen) atoms. The summed E-state index contributed by atoms with van der Waals surface area (Å²) in [6.45, 7) is 1.77. The van der Waals surface area contributed by atoms with E-state index in [-0.39, 0.29) is 11.7 Å². The van der Waals surface area contributed by atoms with Crippen LogP contribution in [0.5, 0.6) is 5.75 Å². The number of halogens is 1. The Balaban J connectivity index is 2.31. The molecule has 0 radical (unpaired) electrons. The van der Waals surface area contributed by atoms with Crippen LogP contribution in [0, 0.1) is 6.92 Å². The predicted molar refractivity (Wildman–Crippen MR) is 79.4 cm³/mol. The SMILES string of the molecule is Cc1cccc(NC(=O)c2cc(N)ccc2Br)c1O. The minimum Gasteiger partial charge on any atom is -0.505 e. The van der Waals surface area contributed by atoms with Crippen LogP contribution < -0.4 is 11.1 Å². The molecule has 2 aromatic rings. The number of carbonyl (C=O) groups excluding carboxylic acids is 1. The lowest BCUT2D eigenvalue weighted by Gasteiger charge is -2.10. The van der Waals surface area contributed by atoms with Crippen LogP contribution >= 0.6 is 15.9 Å². The highest BCUT2D eigenvalue weighted by molar-refractivity contribution is 9.10. The largest absolute Gasteiger partial charge is 0.505 e. The lowest BCUT2D eigenvalue weighted by molar-refractivity contribution is 0.102. The van der Waals surface area contributed by atoms with Gasteiger partial charge >= 0.3 is 0 Å². The average Bonchev–Trinajstić information content (AvgIpc) is 2.38. The van der Waals surface area contributed by atoms with Gasteiger partial charge in [0.15, 0.2) is 0 Å². The third-order valence-electron chi connectivity index (χ3n) is 2.72. The van der Waals surface area contributed by atoms with E-state index in [1.54, 1.807) is 43.3 Å². The molecule has 0 heterocycles. The van der Waals surface area contributed by atoms with Crippen LogP contribution in [0.2, 0.25) is 0 Å². The number of nitrogens with one attached hydrogen (secondary N) is 1. The van der Waals surface area contributed by atoms with Crippen LogP contribution in [0.1, 0.15) is 15.9 Å². The number of aromatic hydroxyl groups is 1. The van der Waals surface area contributed by atoms with Gasteiger partial charge in [0.2, 0.25) is 0 Å². The fourth-order valence-electron chi connectivity index (χ4n) is 1.67. The van der Waals surface area contributed by atoms with Gasteiger partial charge < -0.3 is 16.2 Å². The van der Waals surface area contributed by atoms with E-state index in [0.29, 0.717) is 27.0 Å². The second kappa shape index (κ2) is 5.32. The quantitative estimate of drug-likeness (QED) is 0.587. The zero-order valence-electron chi connectivity index (χ0n) is 10.3. The van der Waals surface area contributed by atoms with Crippen molar-refractivity contribution < 1.29 is 9.90 Å². The highest BCUT2D eigenvalue weighted by Gasteiger charge is 2.13. The Kier molecular flexibility index (Phi) is 3.76. The van der Waals surface area contributed by atoms with Crippen molar-refractivity contribution in [2.24, 2.45) is 0 Å². The smallest absolute Gasteiger partial charge is 0.256 e. The molecule has 2 aromatic carbocycles. The Morgan fingerprint density at radius 3 is 2.79 bits per heavy atom. The maximum absolute atomic E-state index is 12.1. The number of phenolic OH excluding ortho intramolecular Hbond substituents is 1. The zero-order valence-corrected chi connectivity index (χ0v) is 11.9. The van der Waals surface area contributed by atoms with Crippen LogP contribution in [0.25, 0.3) is 0 Å². The molecule has 98 valence electrons. The van der Waals surface area contributed by atoms with Crippen molar-refractivity contribution in [1.82, 2.24) is 0 Å². The summed E-state index contributed by atoms with van der Waals surface area (Å²) in [6.07, 6.45) is 0. The number of carbonyl (C=O) groups is 1. The monoisotopic (exact) mass is 320 g/mol. The first-order valence-corrected chi connectivity index (χ1v) is 6.43. The van der Waals surface area contributed by atoms with Crippen LogP contribution in [0.15, 0.2) is 40.9 Å². The summed E-state index contributed by atoms with van der Waals surface area (Å²) >= 11 is 3.30. The molecule has 2 rings (SSSR count). The second-order valence-corrected chi connectivity index (χ2v) is 5.02. The van der Waals surface area contributed by atoms with Crippen LogP contribution in [-0.2, 0) is 0 Å². The third kappa shape index (κ3) is 2.88. The summed E-state index contributed by atoms with van der Waals surface area (Å²) in [5, 5.41) is 12.5. The summed E-state index contributed by atoms with van der Waals surface area (Å²) in [7, 11) is 0. The molecule has 5 heteroatoms. The minimum atomic E-state index is -0.333. The van der Waals surface area contributed by atoms with Gasteiger partial charge in [-0.3, -0.25) is 4.79 Å². The van der Waals surface area contributed by atoms with Gasteiger partial charge in [-0.05, 0) is 52.7 Å². The van der Waals surface area contributed by atoms with Crippen molar-refractivity contribution in [3.63, 3.8) is 0 Å². The fraction of sp³-hybridized carbons (Fsp3) is 0.0714. The van der Waals surface area contributed by atoms with E-state index >= 15 is 0 Å². The van der Waals surface area contributed by atoms with Crippen molar-refractivity contribution in [3.05, 3.63) is 52.0 Å². The standard InChI is InChI=1S/C14H13BrN2O2/c1-8-3-2-4-12(13(8)18)17-14(19)10-7-9(16)5-6-11(10)15/h2-7,18H,16H2,1H3,(H,17,19). The normalized spacial score (nSPS) is 10.2. The molecule has 4 nitrogen and oxygen atoms in total. The molecule has 0 saturated heterocycles. The van der Waals surface area contributed by atoms with Crippen molar-refractivity contribution in [2.45, 2.75) is 6.92 Å². The summed E-state index contributed by atoms with van der Waals surface area (Å²) in [6, 6.07) is 10.2. The zero-order chi connectivity index (χ0) is 14.0. The maximum Gasteiger partial charge on any atom is 0.256 e. The van der Waals surface area contributed by atoms with Crippen LogP contribution in [0.3, 0.4) is 0 Å². The minimum absolute atomic E-state index is 0.0656. The molecule has 0 atom stereocenters. The van der Waals surface area contributed by atoms with E-state index in [2.05, 4.69) is 21.2 Å². The van der Waals surface area contributed by atoms with Gasteiger partial charge in [0.1, 0.15) is 5.75 Å². The Labute approximate surface area is 119 Å². The summed E-state index contributed by atoms with van der Waals surface area (Å²) in [5.74, 6) is -0.268. The van der Waals surface area contributed by atoms with E-state index in [1.807, 2.05) is 0 Å². The molecule has 0 spiro atoms. The fourth-order valence-corrected chi connectivity index (χ4v) is 2.09. The third-order valence-corrected chi connectivity index (χ3v) is 3.41. The Bertz CT molecular complexity index is 641. The van der Waals surface area contributed by atoms with E-state index in [9.17, 15) is 9.90 Å². The average molecular weight is 321 g/mol. The molecule has 0 aliphatic rings. The number of benzene rings is 2. The summed E-state index contributed by atoms with van der Waals surface area (Å²) in [4.78, 5) is 12.1. The number of anilines is 2. The predicted octanol–water partition coefficient (Wildman–Crippen LogP) is 3.30. The maximum atomic E-state index is 12.1. The Hall–Kier alpha value is -2.01. The lowest BCUT2D eigenvalue weighted by Crippen LogP contribution is -2.13. The Morgan fingerprint density at radius 2 is 2.05 bits per heavy atom. The van der Waals surface area contributed by atoms with Gasteiger partial charge in [-0.25, -0.2) is 0 Å². The van der Waals surface area contributed by atoms with E-state index < -0.39 is 0 Å². The molecule has 0 saturated carbocycles. The number of hydrogen-bond acceptors (Lipinski definition) is 3. The summed E-state index contributed by atoms with van der Waals surface area (Å²) < 4.78 is 0.645. The van der Waals surface area contributed by atoms with Crippen molar-refractivity contribution in [1.29, 1.82) is 0 Å². The summed E-state index contributed by atoms with van der Waals surface area (Å²) in [5.41, 5.74) is 7.65. The van der Waals surface area contributed by atoms with Gasteiger partial charge in [0.25, 0.3) is 5.91 Å². The van der Waals surface area contributed by atoms with Crippen LogP contribution in [-0.4, -0.2) is 11.0 Å². The molecular formula is C14H13BrN2O2. The molecule has 0 unspecified atom stereocenters. The number of phenols is 1. The van der Waals surface area contributed by atoms with Gasteiger partial charge in [0.05, 0.1) is 11.3 Å². The van der Waals surface area contributed by atoms with Gasteiger partial charge in [-0.2, -0.15) is 0 Å². The number of amides is 1. The number of rotatable bonds is 2. The van der Waals surface area contributed by atoms with Gasteiger partial charge in [-0.1, -0.05) is 12.1 Å². The van der Waals surface area contributed by atoms with E-state index in [0.717, 1.165) is 0 Å². The molecule has 0 bridgehead atoms. The van der Waals surface area contributed by atoms with Crippen molar-refractivity contribution in [2.75, 3.05) is 11.1 Å².